The quantitative estimate of drug-likeness (QED) is 0.646. The van der Waals surface area contributed by atoms with E-state index in [1.54, 1.807) is 0 Å². The average molecular weight is 389 g/mol. The van der Waals surface area contributed by atoms with Gasteiger partial charge >= 0.3 is 5.97 Å². The zero-order chi connectivity index (χ0) is 20.7. The molecule has 28 heavy (non-hydrogen) atoms. The number of rotatable bonds is 5. The summed E-state index contributed by atoms with van der Waals surface area (Å²) in [5, 5.41) is 0. The number of hydrogen-bond donors (Lipinski definition) is 0. The van der Waals surface area contributed by atoms with Gasteiger partial charge in [-0.25, -0.2) is 0 Å². The van der Waals surface area contributed by atoms with Crippen molar-refractivity contribution in [3.63, 3.8) is 0 Å². The third-order valence-electron chi connectivity index (χ3n) is 10.4. The molecule has 0 saturated heterocycles. The summed E-state index contributed by atoms with van der Waals surface area (Å²) in [4.78, 5) is 38.2. The van der Waals surface area contributed by atoms with Crippen molar-refractivity contribution >= 4 is 17.5 Å². The smallest absolute Gasteiger partial charge is 0.305 e. The van der Waals surface area contributed by atoms with Gasteiger partial charge in [-0.1, -0.05) is 41.5 Å². The SMILES string of the molecule is CC12CCC(C(CCC(=O)OCC3C(=O)C4(C)CCC3C4(C)C)C1=O)C2(C)C. The van der Waals surface area contributed by atoms with Gasteiger partial charge in [0.15, 0.2) is 0 Å². The minimum Gasteiger partial charge on any atom is -0.465 e. The lowest BCUT2D eigenvalue weighted by Crippen LogP contribution is -2.34. The minimum atomic E-state index is -0.273. The summed E-state index contributed by atoms with van der Waals surface area (Å²) in [5.41, 5.74) is -0.499. The summed E-state index contributed by atoms with van der Waals surface area (Å²) in [5.74, 6) is 0.899. The lowest BCUT2D eigenvalue weighted by molar-refractivity contribution is -0.148. The van der Waals surface area contributed by atoms with Crippen molar-refractivity contribution in [3.8, 4) is 0 Å². The maximum Gasteiger partial charge on any atom is 0.305 e. The van der Waals surface area contributed by atoms with E-state index in [0.717, 1.165) is 25.7 Å². The number of Topliss-reactive ketones (excluding diaryl/α,β-unsaturated/α-hetero) is 2. The van der Waals surface area contributed by atoms with Gasteiger partial charge in [-0.15, -0.1) is 0 Å². The van der Waals surface area contributed by atoms with Crippen LogP contribution in [0.5, 0.6) is 0 Å². The lowest BCUT2D eigenvalue weighted by Gasteiger charge is -2.32. The van der Waals surface area contributed by atoms with Crippen LogP contribution in [-0.4, -0.2) is 24.1 Å². The largest absolute Gasteiger partial charge is 0.465 e. The molecule has 4 aliphatic rings. The number of ether oxygens (including phenoxy) is 1. The Morgan fingerprint density at radius 1 is 0.857 bits per heavy atom. The van der Waals surface area contributed by atoms with Gasteiger partial charge in [-0.3, -0.25) is 14.4 Å². The van der Waals surface area contributed by atoms with Gasteiger partial charge in [-0.2, -0.15) is 0 Å². The van der Waals surface area contributed by atoms with Gasteiger partial charge in [0.1, 0.15) is 18.2 Å². The topological polar surface area (TPSA) is 60.4 Å². The molecular formula is C24H36O4. The van der Waals surface area contributed by atoms with Crippen LogP contribution in [0.4, 0.5) is 0 Å². The maximum atomic E-state index is 12.9. The molecule has 0 N–H and O–H groups in total. The molecule has 0 aliphatic heterocycles. The highest BCUT2D eigenvalue weighted by Crippen LogP contribution is 2.67. The zero-order valence-corrected chi connectivity index (χ0v) is 18.4. The van der Waals surface area contributed by atoms with E-state index < -0.39 is 0 Å². The third kappa shape index (κ3) is 2.26. The Morgan fingerprint density at radius 3 is 1.75 bits per heavy atom. The fraction of sp³-hybridized carbons (Fsp3) is 0.875. The fourth-order valence-electron chi connectivity index (χ4n) is 7.60. The van der Waals surface area contributed by atoms with Crippen molar-refractivity contribution < 1.29 is 19.1 Å². The molecule has 0 spiro atoms. The molecule has 4 nitrogen and oxygen atoms in total. The van der Waals surface area contributed by atoms with Crippen LogP contribution in [-0.2, 0) is 19.1 Å². The van der Waals surface area contributed by atoms with Crippen LogP contribution >= 0.6 is 0 Å². The van der Waals surface area contributed by atoms with E-state index in [9.17, 15) is 14.4 Å². The Labute approximate surface area is 169 Å². The van der Waals surface area contributed by atoms with E-state index in [2.05, 4.69) is 41.5 Å². The van der Waals surface area contributed by atoms with Crippen LogP contribution < -0.4 is 0 Å². The van der Waals surface area contributed by atoms with Crippen molar-refractivity contribution in [2.24, 2.45) is 45.3 Å². The second-order valence-electron chi connectivity index (χ2n) is 11.6. The summed E-state index contributed by atoms with van der Waals surface area (Å²) < 4.78 is 5.57. The predicted molar refractivity (Wildman–Crippen MR) is 106 cm³/mol. The van der Waals surface area contributed by atoms with Crippen molar-refractivity contribution in [1.29, 1.82) is 0 Å². The Balaban J connectivity index is 1.32. The van der Waals surface area contributed by atoms with E-state index in [1.807, 2.05) is 0 Å². The summed E-state index contributed by atoms with van der Waals surface area (Å²) >= 11 is 0. The van der Waals surface area contributed by atoms with Crippen LogP contribution in [0.15, 0.2) is 0 Å². The molecule has 4 fully saturated rings. The predicted octanol–water partition coefficient (Wildman–Crippen LogP) is 4.59. The van der Waals surface area contributed by atoms with Crippen molar-refractivity contribution in [3.05, 3.63) is 0 Å². The van der Waals surface area contributed by atoms with Crippen LogP contribution in [0.2, 0.25) is 0 Å². The molecule has 0 radical (unpaired) electrons. The van der Waals surface area contributed by atoms with E-state index in [-0.39, 0.29) is 58.3 Å². The van der Waals surface area contributed by atoms with Gasteiger partial charge in [0.2, 0.25) is 0 Å². The molecule has 4 aliphatic carbocycles. The number of carbonyl (C=O) groups excluding carboxylic acids is 3. The monoisotopic (exact) mass is 388 g/mol. The molecule has 6 unspecified atom stereocenters. The summed E-state index contributed by atoms with van der Waals surface area (Å²) in [6.07, 6.45) is 4.93. The highest BCUT2D eigenvalue weighted by Gasteiger charge is 2.67. The molecular weight excluding hydrogens is 352 g/mol. The molecule has 0 aromatic heterocycles. The number of ketones is 2. The van der Waals surface area contributed by atoms with Crippen LogP contribution in [0.25, 0.3) is 0 Å². The first-order chi connectivity index (χ1) is 12.9. The highest BCUT2D eigenvalue weighted by molar-refractivity contribution is 5.92. The Morgan fingerprint density at radius 2 is 1.32 bits per heavy atom. The zero-order valence-electron chi connectivity index (χ0n) is 18.4. The van der Waals surface area contributed by atoms with Crippen molar-refractivity contribution in [1.82, 2.24) is 0 Å². The fourth-order valence-corrected chi connectivity index (χ4v) is 7.60. The molecule has 4 heteroatoms. The molecule has 0 aromatic carbocycles. The molecule has 6 atom stereocenters. The Kier molecular flexibility index (Phi) is 4.25. The van der Waals surface area contributed by atoms with Crippen LogP contribution in [0, 0.1) is 45.3 Å². The number of esters is 1. The molecule has 4 saturated carbocycles. The Hall–Kier alpha value is -1.19. The Bertz CT molecular complexity index is 675. The van der Waals surface area contributed by atoms with E-state index in [4.69, 9.17) is 4.74 Å². The summed E-state index contributed by atoms with van der Waals surface area (Å²) in [6, 6.07) is 0. The maximum absolute atomic E-state index is 12.9. The first-order valence-electron chi connectivity index (χ1n) is 11.1. The van der Waals surface area contributed by atoms with Gasteiger partial charge in [0, 0.05) is 23.2 Å². The van der Waals surface area contributed by atoms with Gasteiger partial charge in [-0.05, 0) is 54.8 Å². The molecule has 156 valence electrons. The molecule has 0 amide bonds. The van der Waals surface area contributed by atoms with Gasteiger partial charge < -0.3 is 4.74 Å². The normalized spacial score (nSPS) is 45.1. The van der Waals surface area contributed by atoms with Crippen LogP contribution in [0.1, 0.15) is 80.1 Å². The standard InChI is InChI=1S/C24H36O4/c1-21(2)16-9-11-23(21,5)19(26)14(16)7-8-18(25)28-13-15-17-10-12-24(6,20(15)27)22(17,3)4/h14-17H,7-13H2,1-6H3. The second-order valence-corrected chi connectivity index (χ2v) is 11.6. The first kappa shape index (κ1) is 20.1. The van der Waals surface area contributed by atoms with Gasteiger partial charge in [0.25, 0.3) is 0 Å². The molecule has 0 aromatic rings. The average Bonchev–Trinajstić information content (AvgIpc) is 3.10. The third-order valence-corrected chi connectivity index (χ3v) is 10.4. The highest BCUT2D eigenvalue weighted by atomic mass is 16.5. The summed E-state index contributed by atoms with van der Waals surface area (Å²) in [6.45, 7) is 13.2. The summed E-state index contributed by atoms with van der Waals surface area (Å²) in [7, 11) is 0. The molecule has 4 rings (SSSR count). The van der Waals surface area contributed by atoms with Crippen LogP contribution in [0.3, 0.4) is 0 Å². The van der Waals surface area contributed by atoms with Gasteiger partial charge in [0.05, 0.1) is 5.92 Å². The number of fused-ring (bicyclic) bond motifs is 4. The van der Waals surface area contributed by atoms with E-state index in [1.165, 1.54) is 0 Å². The molecule has 0 heterocycles. The first-order valence-corrected chi connectivity index (χ1v) is 11.1. The second kappa shape index (κ2) is 5.92. The van der Waals surface area contributed by atoms with E-state index >= 15 is 0 Å². The number of hydrogen-bond acceptors (Lipinski definition) is 4. The van der Waals surface area contributed by atoms with Crippen molar-refractivity contribution in [2.45, 2.75) is 80.1 Å². The molecule has 4 bridgehead atoms. The lowest BCUT2D eigenvalue weighted by atomic mass is 9.70. The minimum absolute atomic E-state index is 0.0109. The van der Waals surface area contributed by atoms with E-state index in [0.29, 0.717) is 24.0 Å². The van der Waals surface area contributed by atoms with Crippen molar-refractivity contribution in [2.75, 3.05) is 6.61 Å². The number of carbonyl (C=O) groups is 3.